The summed E-state index contributed by atoms with van der Waals surface area (Å²) < 4.78 is 12.1. The second kappa shape index (κ2) is 7.76. The van der Waals surface area contributed by atoms with Crippen molar-refractivity contribution in [1.82, 2.24) is 15.0 Å². The lowest BCUT2D eigenvalue weighted by Gasteiger charge is -2.51. The number of nitrogens with zero attached hydrogens (tertiary/aromatic N) is 5. The van der Waals surface area contributed by atoms with Crippen molar-refractivity contribution >= 4 is 23.4 Å². The molecule has 0 aromatic carbocycles. The van der Waals surface area contributed by atoms with Gasteiger partial charge in [0.15, 0.2) is 11.6 Å². The Hall–Kier alpha value is -2.06. The quantitative estimate of drug-likeness (QED) is 0.686. The van der Waals surface area contributed by atoms with Crippen molar-refractivity contribution in [2.24, 2.45) is 5.41 Å². The van der Waals surface area contributed by atoms with Gasteiger partial charge in [0.2, 0.25) is 0 Å². The minimum absolute atomic E-state index is 0.139. The minimum Gasteiger partial charge on any atom is -0.486 e. The fourth-order valence-corrected chi connectivity index (χ4v) is 6.52. The summed E-state index contributed by atoms with van der Waals surface area (Å²) in [4.78, 5) is 19.8. The molecule has 1 saturated carbocycles. The number of hydrogen-bond donors (Lipinski definition) is 0. The van der Waals surface area contributed by atoms with Gasteiger partial charge in [0, 0.05) is 26.3 Å². The van der Waals surface area contributed by atoms with Crippen LogP contribution in [0.25, 0.3) is 0 Å². The molecule has 0 radical (unpaired) electrons. The standard InChI is InChI=1S/C24H31N5O2S/c1-17-12-23(15-30-17)7-10-29(11-8-23)19-13-27-20(14-26-19)32-18-4-9-25-22-21(18)31-16-24(28(22)2)5-3-6-24/h4,9,13-14,17H,3,5-8,10-12,15-16H2,1-2H3/t17-/m0/s1. The average molecular weight is 454 g/mol. The van der Waals surface area contributed by atoms with Crippen LogP contribution in [0.3, 0.4) is 0 Å². The Morgan fingerprint density at radius 1 is 1.06 bits per heavy atom. The van der Waals surface area contributed by atoms with Crippen molar-refractivity contribution in [1.29, 1.82) is 0 Å². The van der Waals surface area contributed by atoms with Crippen LogP contribution in [-0.4, -0.2) is 59.9 Å². The Bertz CT molecular complexity index is 988. The van der Waals surface area contributed by atoms with Gasteiger partial charge in [0.25, 0.3) is 0 Å². The first-order valence-corrected chi connectivity index (χ1v) is 12.6. The van der Waals surface area contributed by atoms with E-state index in [9.17, 15) is 0 Å². The second-order valence-corrected chi connectivity index (χ2v) is 11.1. The average Bonchev–Trinajstić information content (AvgIpc) is 3.14. The van der Waals surface area contributed by atoms with E-state index >= 15 is 0 Å². The maximum atomic E-state index is 6.24. The summed E-state index contributed by atoms with van der Waals surface area (Å²) in [6.07, 6.45) is 13.2. The van der Waals surface area contributed by atoms with Gasteiger partial charge in [-0.1, -0.05) is 11.8 Å². The molecule has 3 fully saturated rings. The van der Waals surface area contributed by atoms with E-state index in [0.29, 0.717) is 11.5 Å². The number of hydrogen-bond acceptors (Lipinski definition) is 8. The largest absolute Gasteiger partial charge is 0.486 e. The molecule has 3 aliphatic heterocycles. The molecule has 2 spiro atoms. The Morgan fingerprint density at radius 3 is 2.56 bits per heavy atom. The molecule has 2 saturated heterocycles. The maximum absolute atomic E-state index is 6.24. The molecular formula is C24H31N5O2S. The van der Waals surface area contributed by atoms with Crippen molar-refractivity contribution in [3.05, 3.63) is 24.7 Å². The third kappa shape index (κ3) is 3.43. The number of anilines is 2. The molecule has 1 atom stereocenters. The van der Waals surface area contributed by atoms with E-state index < -0.39 is 0 Å². The first kappa shape index (κ1) is 20.5. The smallest absolute Gasteiger partial charge is 0.175 e. The molecule has 0 unspecified atom stereocenters. The molecule has 8 heteroatoms. The van der Waals surface area contributed by atoms with Crippen molar-refractivity contribution in [2.75, 3.05) is 43.2 Å². The molecule has 0 N–H and O–H groups in total. The van der Waals surface area contributed by atoms with Crippen LogP contribution >= 0.6 is 11.8 Å². The van der Waals surface area contributed by atoms with Gasteiger partial charge in [-0.15, -0.1) is 0 Å². The minimum atomic E-state index is 0.139. The Morgan fingerprint density at radius 2 is 1.91 bits per heavy atom. The SMILES string of the molecule is C[C@H]1CC2(CCN(c3cnc(Sc4ccnc5c4OCC4(CCC4)N5C)cn3)CC2)CO1. The van der Waals surface area contributed by atoms with Crippen LogP contribution in [-0.2, 0) is 4.74 Å². The maximum Gasteiger partial charge on any atom is 0.175 e. The number of fused-ring (bicyclic) bond motifs is 1. The molecule has 6 rings (SSSR count). The zero-order chi connectivity index (χ0) is 21.8. The number of aromatic nitrogens is 3. The summed E-state index contributed by atoms with van der Waals surface area (Å²) >= 11 is 1.60. The highest BCUT2D eigenvalue weighted by atomic mass is 32.2. The summed E-state index contributed by atoms with van der Waals surface area (Å²) in [6, 6.07) is 2.01. The fourth-order valence-electron chi connectivity index (χ4n) is 5.71. The van der Waals surface area contributed by atoms with Crippen molar-refractivity contribution in [3.63, 3.8) is 0 Å². The van der Waals surface area contributed by atoms with E-state index in [0.717, 1.165) is 53.6 Å². The van der Waals surface area contributed by atoms with E-state index in [2.05, 4.69) is 28.8 Å². The fraction of sp³-hybridized carbons (Fsp3) is 0.625. The van der Waals surface area contributed by atoms with Gasteiger partial charge >= 0.3 is 0 Å². The van der Waals surface area contributed by atoms with Gasteiger partial charge in [-0.25, -0.2) is 15.0 Å². The molecule has 0 amide bonds. The number of pyridine rings is 1. The molecule has 2 aromatic rings. The van der Waals surface area contributed by atoms with Gasteiger partial charge in [-0.2, -0.15) is 0 Å². The highest BCUT2D eigenvalue weighted by molar-refractivity contribution is 7.99. The van der Waals surface area contributed by atoms with Crippen LogP contribution in [0.5, 0.6) is 5.75 Å². The number of piperidine rings is 1. The summed E-state index contributed by atoms with van der Waals surface area (Å²) in [5.74, 6) is 2.78. The van der Waals surface area contributed by atoms with Crippen LogP contribution < -0.4 is 14.5 Å². The van der Waals surface area contributed by atoms with E-state index in [4.69, 9.17) is 19.4 Å². The third-order valence-corrected chi connectivity index (χ3v) is 8.98. The first-order valence-electron chi connectivity index (χ1n) is 11.8. The molecule has 7 nitrogen and oxygen atoms in total. The van der Waals surface area contributed by atoms with Gasteiger partial charge in [0.05, 0.1) is 35.5 Å². The van der Waals surface area contributed by atoms with Gasteiger partial charge in [-0.05, 0) is 56.9 Å². The Labute approximate surface area is 193 Å². The number of ether oxygens (including phenoxy) is 2. The Balaban J connectivity index is 1.14. The molecule has 4 aliphatic rings. The van der Waals surface area contributed by atoms with E-state index in [1.54, 1.807) is 11.8 Å². The highest BCUT2D eigenvalue weighted by Crippen LogP contribution is 2.49. The van der Waals surface area contributed by atoms with Crippen LogP contribution in [0.1, 0.15) is 45.4 Å². The van der Waals surface area contributed by atoms with Gasteiger partial charge in [-0.3, -0.25) is 0 Å². The van der Waals surface area contributed by atoms with Crippen LogP contribution in [0.2, 0.25) is 0 Å². The summed E-state index contributed by atoms with van der Waals surface area (Å²) in [5.41, 5.74) is 0.519. The zero-order valence-corrected chi connectivity index (χ0v) is 19.7. The number of rotatable bonds is 3. The third-order valence-electron chi connectivity index (χ3n) is 8.02. The summed E-state index contributed by atoms with van der Waals surface area (Å²) in [5, 5.41) is 0.879. The van der Waals surface area contributed by atoms with E-state index in [1.807, 2.05) is 24.7 Å². The molecule has 0 bridgehead atoms. The lowest BCUT2D eigenvalue weighted by molar-refractivity contribution is 0.0976. The topological polar surface area (TPSA) is 63.6 Å². The van der Waals surface area contributed by atoms with Gasteiger partial charge in [0.1, 0.15) is 17.5 Å². The molecule has 2 aromatic heterocycles. The first-order chi connectivity index (χ1) is 15.6. The molecule has 1 aliphatic carbocycles. The molecule has 5 heterocycles. The van der Waals surface area contributed by atoms with Crippen LogP contribution in [0, 0.1) is 5.41 Å². The van der Waals surface area contributed by atoms with Crippen LogP contribution in [0.4, 0.5) is 11.6 Å². The normalized spacial score (nSPS) is 25.5. The molecular weight excluding hydrogens is 422 g/mol. The van der Waals surface area contributed by atoms with E-state index in [1.165, 1.54) is 38.5 Å². The number of likely N-dealkylation sites (N-methyl/N-ethyl adjacent to an activating group) is 1. The highest BCUT2D eigenvalue weighted by Gasteiger charge is 2.46. The lowest BCUT2D eigenvalue weighted by Crippen LogP contribution is -2.58. The summed E-state index contributed by atoms with van der Waals surface area (Å²) in [6.45, 7) is 5.89. The lowest BCUT2D eigenvalue weighted by atomic mass is 9.75. The molecule has 32 heavy (non-hydrogen) atoms. The summed E-state index contributed by atoms with van der Waals surface area (Å²) in [7, 11) is 2.15. The van der Waals surface area contributed by atoms with Crippen LogP contribution in [0.15, 0.2) is 34.6 Å². The monoisotopic (exact) mass is 453 g/mol. The van der Waals surface area contributed by atoms with Crippen molar-refractivity contribution < 1.29 is 9.47 Å². The molecule has 170 valence electrons. The Kier molecular flexibility index (Phi) is 4.98. The second-order valence-electron chi connectivity index (χ2n) is 10.0. The van der Waals surface area contributed by atoms with Crippen molar-refractivity contribution in [3.8, 4) is 5.75 Å². The zero-order valence-electron chi connectivity index (χ0n) is 18.9. The van der Waals surface area contributed by atoms with Crippen molar-refractivity contribution in [2.45, 2.75) is 67.0 Å². The van der Waals surface area contributed by atoms with Gasteiger partial charge < -0.3 is 19.3 Å². The predicted molar refractivity (Wildman–Crippen MR) is 125 cm³/mol. The predicted octanol–water partition coefficient (Wildman–Crippen LogP) is 4.17. The van der Waals surface area contributed by atoms with E-state index in [-0.39, 0.29) is 5.54 Å².